The van der Waals surface area contributed by atoms with Crippen LogP contribution in [0.5, 0.6) is 0 Å². The lowest BCUT2D eigenvalue weighted by atomic mass is 9.97. The Morgan fingerprint density at radius 3 is 2.29 bits per heavy atom. The van der Waals surface area contributed by atoms with Gasteiger partial charge >= 0.3 is 12.1 Å². The van der Waals surface area contributed by atoms with Crippen LogP contribution in [0.1, 0.15) is 70.4 Å². The number of anilines is 4. The summed E-state index contributed by atoms with van der Waals surface area (Å²) in [5.41, 5.74) is -0.366. The van der Waals surface area contributed by atoms with Gasteiger partial charge in [0.15, 0.2) is 5.54 Å². The van der Waals surface area contributed by atoms with Crippen LogP contribution in [0.15, 0.2) is 59.6 Å². The van der Waals surface area contributed by atoms with E-state index in [9.17, 15) is 31.5 Å². The summed E-state index contributed by atoms with van der Waals surface area (Å²) in [7, 11) is -7.81. The van der Waals surface area contributed by atoms with Crippen molar-refractivity contribution in [2.75, 3.05) is 10.6 Å². The molecule has 1 amide bonds. The average molecular weight is 716 g/mol. The van der Waals surface area contributed by atoms with Crippen LogP contribution in [-0.4, -0.2) is 65.4 Å². The minimum absolute atomic E-state index is 0.0519. The molecule has 2 fully saturated rings. The van der Waals surface area contributed by atoms with Crippen LogP contribution in [0.3, 0.4) is 0 Å². The zero-order chi connectivity index (χ0) is 35.6. The number of carboxylic acid groups (broad SMARTS) is 1. The van der Waals surface area contributed by atoms with Crippen LogP contribution in [0.25, 0.3) is 0 Å². The number of sulfonamides is 2. The number of aliphatic carboxylic acids is 1. The Hall–Kier alpha value is -4.32. The fourth-order valence-corrected chi connectivity index (χ4v) is 7.84. The van der Waals surface area contributed by atoms with Gasteiger partial charge < -0.3 is 20.5 Å². The number of aryl methyl sites for hydroxylation is 1. The number of nitrogens with zero attached hydrogens (tertiary/aromatic N) is 3. The molecule has 0 bridgehead atoms. The van der Waals surface area contributed by atoms with Gasteiger partial charge in [0.1, 0.15) is 11.4 Å². The number of rotatable bonds is 13. The van der Waals surface area contributed by atoms with Crippen molar-refractivity contribution in [1.29, 1.82) is 0 Å². The molecule has 49 heavy (non-hydrogen) atoms. The van der Waals surface area contributed by atoms with Gasteiger partial charge in [-0.25, -0.2) is 41.1 Å². The molecule has 1 heterocycles. The molecule has 0 aliphatic heterocycles. The number of hydrazine groups is 1. The highest BCUT2D eigenvalue weighted by molar-refractivity contribution is 7.90. The molecule has 0 radical (unpaired) electrons. The van der Waals surface area contributed by atoms with Crippen molar-refractivity contribution in [2.45, 2.75) is 94.1 Å². The number of aromatic nitrogens is 2. The van der Waals surface area contributed by atoms with Crippen molar-refractivity contribution in [3.05, 3.63) is 65.9 Å². The summed E-state index contributed by atoms with van der Waals surface area (Å²) in [6, 6.07) is 12.9. The summed E-state index contributed by atoms with van der Waals surface area (Å²) in [6.45, 7) is 6.77. The van der Waals surface area contributed by atoms with Crippen molar-refractivity contribution in [2.24, 2.45) is 0 Å². The highest BCUT2D eigenvalue weighted by Crippen LogP contribution is 2.36. The topological polar surface area (TPSA) is 209 Å². The summed E-state index contributed by atoms with van der Waals surface area (Å²) in [4.78, 5) is 36.5. The predicted molar refractivity (Wildman–Crippen MR) is 182 cm³/mol. The van der Waals surface area contributed by atoms with E-state index in [1.807, 2.05) is 25.1 Å². The SMILES string of the molecule is Cc1cnc(Nc2cccc(S(=O)(=O)NN(C(=O)OC(C)(C)C)C3(C(=O)O)CCCC3)c2)nc1Nc1cccc(CNS(=O)(=O)C2CC2)c1. The van der Waals surface area contributed by atoms with Crippen molar-refractivity contribution < 1.29 is 36.3 Å². The first kappa shape index (κ1) is 36.0. The monoisotopic (exact) mass is 715 g/mol. The highest BCUT2D eigenvalue weighted by Gasteiger charge is 2.52. The van der Waals surface area contributed by atoms with Gasteiger partial charge in [-0.3, -0.25) is 0 Å². The molecule has 0 saturated heterocycles. The molecule has 2 aliphatic rings. The number of amides is 1. The molecule has 2 saturated carbocycles. The second kappa shape index (κ2) is 13.9. The lowest BCUT2D eigenvalue weighted by Gasteiger charge is -2.37. The average Bonchev–Trinajstić information content (AvgIpc) is 3.78. The van der Waals surface area contributed by atoms with Gasteiger partial charge in [-0.2, -0.15) is 4.98 Å². The molecule has 0 unspecified atom stereocenters. The molecule has 2 aliphatic carbocycles. The molecular weight excluding hydrogens is 675 g/mol. The third kappa shape index (κ3) is 8.83. The molecular formula is C32H41N7O8S2. The quantitative estimate of drug-likeness (QED) is 0.153. The highest BCUT2D eigenvalue weighted by atomic mass is 32.2. The maximum absolute atomic E-state index is 13.6. The molecule has 5 N–H and O–H groups in total. The number of carboxylic acids is 1. The van der Waals surface area contributed by atoms with Crippen LogP contribution < -0.4 is 20.2 Å². The number of benzene rings is 2. The Labute approximate surface area is 285 Å². The summed E-state index contributed by atoms with van der Waals surface area (Å²) in [6.07, 6.45) is 2.91. The molecule has 1 aromatic heterocycles. The Kier molecular flexibility index (Phi) is 10.2. The molecule has 0 spiro atoms. The fraction of sp³-hybridized carbons (Fsp3) is 0.438. The number of carbonyl (C=O) groups excluding carboxylic acids is 1. The summed E-state index contributed by atoms with van der Waals surface area (Å²) in [5.74, 6) is -0.725. The predicted octanol–water partition coefficient (Wildman–Crippen LogP) is 4.68. The first-order valence-electron chi connectivity index (χ1n) is 15.8. The van der Waals surface area contributed by atoms with Crippen LogP contribution in [0.4, 0.5) is 27.9 Å². The third-order valence-electron chi connectivity index (χ3n) is 8.05. The molecule has 15 nitrogen and oxygen atoms in total. The Morgan fingerprint density at radius 1 is 1.00 bits per heavy atom. The van der Waals surface area contributed by atoms with Gasteiger partial charge in [-0.1, -0.05) is 31.0 Å². The van der Waals surface area contributed by atoms with Crippen molar-refractivity contribution in [1.82, 2.24) is 24.5 Å². The van der Waals surface area contributed by atoms with Crippen molar-refractivity contribution in [3.63, 3.8) is 0 Å². The minimum atomic E-state index is -4.48. The number of nitrogens with one attached hydrogen (secondary N) is 4. The zero-order valence-electron chi connectivity index (χ0n) is 27.7. The first-order valence-corrected chi connectivity index (χ1v) is 18.8. The summed E-state index contributed by atoms with van der Waals surface area (Å²) in [5, 5.41) is 16.6. The first-order chi connectivity index (χ1) is 23.0. The molecule has 17 heteroatoms. The van der Waals surface area contributed by atoms with E-state index < -0.39 is 43.2 Å². The lowest BCUT2D eigenvalue weighted by Crippen LogP contribution is -2.63. The fourth-order valence-electron chi connectivity index (χ4n) is 5.35. The molecule has 3 aromatic rings. The van der Waals surface area contributed by atoms with Gasteiger partial charge in [-0.15, -0.1) is 4.83 Å². The molecule has 0 atom stereocenters. The van der Waals surface area contributed by atoms with Gasteiger partial charge in [-0.05, 0) is 89.3 Å². The van der Waals surface area contributed by atoms with Crippen molar-refractivity contribution >= 4 is 55.3 Å². The van der Waals surface area contributed by atoms with Crippen LogP contribution >= 0.6 is 0 Å². The van der Waals surface area contributed by atoms with E-state index in [-0.39, 0.29) is 35.5 Å². The maximum Gasteiger partial charge on any atom is 0.426 e. The van der Waals surface area contributed by atoms with E-state index in [0.29, 0.717) is 53.4 Å². The van der Waals surface area contributed by atoms with E-state index in [4.69, 9.17) is 4.74 Å². The largest absolute Gasteiger partial charge is 0.479 e. The van der Waals surface area contributed by atoms with Gasteiger partial charge in [0.05, 0.1) is 10.1 Å². The second-order valence-electron chi connectivity index (χ2n) is 13.2. The standard InChI is InChI=1S/C32H41N7O8S2/c1-21-19-33-29(37-27(21)35-23-10-7-9-22(17-23)20-34-48(43,44)25-13-14-25)36-24-11-8-12-26(18-24)49(45,46)38-39(30(42)47-31(2,3)4)32(28(40)41)15-5-6-16-32/h7-12,17-19,25,34,38H,5-6,13-16,20H2,1-4H3,(H,40,41)(H2,33,35,36,37). The van der Waals surface area contributed by atoms with E-state index in [2.05, 4.69) is 30.2 Å². The number of hydrogen-bond acceptors (Lipinski definition) is 11. The third-order valence-corrected chi connectivity index (χ3v) is 11.2. The van der Waals surface area contributed by atoms with Crippen LogP contribution in [0, 0.1) is 6.92 Å². The Balaban J connectivity index is 1.33. The van der Waals surface area contributed by atoms with E-state index in [1.165, 1.54) is 18.2 Å². The Morgan fingerprint density at radius 2 is 1.65 bits per heavy atom. The van der Waals surface area contributed by atoms with Gasteiger partial charge in [0.2, 0.25) is 16.0 Å². The van der Waals surface area contributed by atoms with Gasteiger partial charge in [0, 0.05) is 29.7 Å². The van der Waals surface area contributed by atoms with Gasteiger partial charge in [0.25, 0.3) is 10.0 Å². The number of carbonyl (C=O) groups is 2. The normalized spacial score (nSPS) is 16.2. The van der Waals surface area contributed by atoms with E-state index >= 15 is 0 Å². The number of ether oxygens (including phenoxy) is 1. The summed E-state index contributed by atoms with van der Waals surface area (Å²) < 4.78 is 59.8. The maximum atomic E-state index is 13.6. The molecule has 2 aromatic carbocycles. The van der Waals surface area contributed by atoms with E-state index in [0.717, 1.165) is 5.56 Å². The lowest BCUT2D eigenvalue weighted by molar-refractivity contribution is -0.152. The smallest absolute Gasteiger partial charge is 0.426 e. The van der Waals surface area contributed by atoms with E-state index in [1.54, 1.807) is 39.1 Å². The second-order valence-corrected chi connectivity index (χ2v) is 16.9. The van der Waals surface area contributed by atoms with Crippen molar-refractivity contribution in [3.8, 4) is 0 Å². The Bertz CT molecular complexity index is 1940. The van der Waals surface area contributed by atoms with Crippen LogP contribution in [-0.2, 0) is 36.1 Å². The number of hydrogen-bond donors (Lipinski definition) is 5. The summed E-state index contributed by atoms with van der Waals surface area (Å²) >= 11 is 0. The minimum Gasteiger partial charge on any atom is -0.479 e. The van der Waals surface area contributed by atoms with Crippen LogP contribution in [0.2, 0.25) is 0 Å². The molecule has 5 rings (SSSR count). The molecule has 264 valence electrons. The zero-order valence-corrected chi connectivity index (χ0v) is 29.3.